The highest BCUT2D eigenvalue weighted by atomic mass is 79.9. The van der Waals surface area contributed by atoms with E-state index < -0.39 is 15.6 Å². The van der Waals surface area contributed by atoms with Gasteiger partial charge in [0.25, 0.3) is 15.6 Å². The Morgan fingerprint density at radius 1 is 1.30 bits per heavy atom. The third-order valence-corrected chi connectivity index (χ3v) is 4.73. The van der Waals surface area contributed by atoms with Crippen molar-refractivity contribution in [2.75, 3.05) is 4.72 Å². The van der Waals surface area contributed by atoms with Crippen LogP contribution >= 0.6 is 15.9 Å². The first-order chi connectivity index (χ1) is 9.42. The first kappa shape index (κ1) is 14.7. The molecule has 0 aliphatic heterocycles. The van der Waals surface area contributed by atoms with Gasteiger partial charge in [-0.3, -0.25) is 9.52 Å². The first-order valence-electron chi connectivity index (χ1n) is 5.40. The molecule has 0 atom stereocenters. The number of anilines is 1. The molecular formula is C11H10BrN3O4S. The molecule has 1 aromatic carbocycles. The summed E-state index contributed by atoms with van der Waals surface area (Å²) in [5.41, 5.74) is 0.0272. The van der Waals surface area contributed by atoms with Gasteiger partial charge in [0.2, 0.25) is 0 Å². The van der Waals surface area contributed by atoms with Gasteiger partial charge < -0.3 is 5.11 Å². The molecule has 106 valence electrons. The van der Waals surface area contributed by atoms with Crippen molar-refractivity contribution in [3.63, 3.8) is 0 Å². The van der Waals surface area contributed by atoms with Crippen molar-refractivity contribution in [3.8, 4) is 0 Å². The Balaban J connectivity index is 2.40. The second-order valence-electron chi connectivity index (χ2n) is 3.83. The number of hydrogen-bond donors (Lipinski definition) is 3. The Kier molecular flexibility index (Phi) is 4.21. The number of aromatic amines is 1. The van der Waals surface area contributed by atoms with E-state index in [9.17, 15) is 13.2 Å². The van der Waals surface area contributed by atoms with Crippen LogP contribution in [0.25, 0.3) is 0 Å². The number of rotatable bonds is 4. The molecule has 0 aliphatic carbocycles. The number of nitrogens with zero attached hydrogens (tertiary/aromatic N) is 1. The van der Waals surface area contributed by atoms with Gasteiger partial charge in [-0.05, 0) is 39.7 Å². The van der Waals surface area contributed by atoms with E-state index in [0.29, 0.717) is 10.0 Å². The summed E-state index contributed by atoms with van der Waals surface area (Å²) in [5, 5.41) is 14.8. The number of halogens is 1. The van der Waals surface area contributed by atoms with Crippen molar-refractivity contribution in [1.82, 2.24) is 10.2 Å². The highest BCUT2D eigenvalue weighted by Crippen LogP contribution is 2.24. The summed E-state index contributed by atoms with van der Waals surface area (Å²) in [6, 6.07) is 6.88. The van der Waals surface area contributed by atoms with Gasteiger partial charge in [-0.2, -0.15) is 5.10 Å². The van der Waals surface area contributed by atoms with E-state index in [0.717, 1.165) is 6.07 Å². The predicted octanol–water partition coefficient (Wildman–Crippen LogP) is 0.826. The Bertz CT molecular complexity index is 768. The maximum atomic E-state index is 12.2. The Labute approximate surface area is 122 Å². The third kappa shape index (κ3) is 3.24. The smallest absolute Gasteiger partial charge is 0.264 e. The lowest BCUT2D eigenvalue weighted by Gasteiger charge is -2.09. The summed E-state index contributed by atoms with van der Waals surface area (Å²) in [4.78, 5) is 10.8. The van der Waals surface area contributed by atoms with E-state index in [2.05, 4.69) is 30.8 Å². The molecule has 2 rings (SSSR count). The number of aliphatic hydroxyl groups excluding tert-OH is 1. The number of sulfonamides is 1. The Morgan fingerprint density at radius 2 is 2.05 bits per heavy atom. The molecule has 1 aromatic heterocycles. The number of H-pyrrole nitrogens is 1. The van der Waals surface area contributed by atoms with Gasteiger partial charge in [0.1, 0.15) is 4.90 Å². The van der Waals surface area contributed by atoms with Gasteiger partial charge in [-0.15, -0.1) is 0 Å². The van der Waals surface area contributed by atoms with Gasteiger partial charge in [0.15, 0.2) is 5.82 Å². The van der Waals surface area contributed by atoms with E-state index in [-0.39, 0.29) is 17.3 Å². The minimum Gasteiger partial charge on any atom is -0.392 e. The van der Waals surface area contributed by atoms with Crippen molar-refractivity contribution < 1.29 is 13.5 Å². The minimum absolute atomic E-state index is 0.00842. The molecule has 9 heteroatoms. The van der Waals surface area contributed by atoms with E-state index in [1.54, 1.807) is 6.07 Å². The highest BCUT2D eigenvalue weighted by Gasteiger charge is 2.19. The maximum Gasteiger partial charge on any atom is 0.264 e. The molecule has 0 aliphatic rings. The SMILES string of the molecule is O=c1ccc(NS(=O)(=O)c2cc(CO)ccc2Br)n[nH]1. The largest absolute Gasteiger partial charge is 0.392 e. The van der Waals surface area contributed by atoms with Crippen LogP contribution in [0.2, 0.25) is 0 Å². The van der Waals surface area contributed by atoms with E-state index >= 15 is 0 Å². The fourth-order valence-electron chi connectivity index (χ4n) is 1.45. The molecule has 3 N–H and O–H groups in total. The quantitative estimate of drug-likeness (QED) is 0.748. The van der Waals surface area contributed by atoms with Crippen molar-refractivity contribution in [3.05, 3.63) is 50.7 Å². The summed E-state index contributed by atoms with van der Waals surface area (Å²) in [7, 11) is -3.88. The van der Waals surface area contributed by atoms with Crippen LogP contribution in [0.1, 0.15) is 5.56 Å². The molecule has 0 amide bonds. The van der Waals surface area contributed by atoms with Crippen LogP contribution in [-0.4, -0.2) is 23.7 Å². The molecule has 0 fully saturated rings. The van der Waals surface area contributed by atoms with E-state index in [1.807, 2.05) is 0 Å². The van der Waals surface area contributed by atoms with Gasteiger partial charge in [-0.1, -0.05) is 6.07 Å². The Hall–Kier alpha value is -1.71. The second-order valence-corrected chi connectivity index (χ2v) is 6.34. The zero-order valence-electron chi connectivity index (χ0n) is 10.00. The van der Waals surface area contributed by atoms with Crippen LogP contribution in [0.3, 0.4) is 0 Å². The topological polar surface area (TPSA) is 112 Å². The van der Waals surface area contributed by atoms with E-state index in [4.69, 9.17) is 5.11 Å². The fraction of sp³-hybridized carbons (Fsp3) is 0.0909. The number of aromatic nitrogens is 2. The van der Waals surface area contributed by atoms with Crippen molar-refractivity contribution in [2.45, 2.75) is 11.5 Å². The monoisotopic (exact) mass is 359 g/mol. The zero-order valence-corrected chi connectivity index (χ0v) is 12.4. The van der Waals surface area contributed by atoms with Crippen LogP contribution < -0.4 is 10.3 Å². The van der Waals surface area contributed by atoms with Crippen LogP contribution in [0, 0.1) is 0 Å². The molecule has 20 heavy (non-hydrogen) atoms. The number of aliphatic hydroxyl groups is 1. The van der Waals surface area contributed by atoms with Crippen molar-refractivity contribution >= 4 is 31.8 Å². The molecule has 0 bridgehead atoms. The standard InChI is InChI=1S/C11H10BrN3O4S/c12-8-2-1-7(6-16)5-9(8)20(18,19)15-10-3-4-11(17)14-13-10/h1-5,16H,6H2,(H,13,15)(H,14,17). The lowest BCUT2D eigenvalue weighted by atomic mass is 10.2. The highest BCUT2D eigenvalue weighted by molar-refractivity contribution is 9.10. The first-order valence-corrected chi connectivity index (χ1v) is 7.68. The molecule has 0 saturated heterocycles. The average molecular weight is 360 g/mol. The molecular weight excluding hydrogens is 350 g/mol. The Morgan fingerprint density at radius 3 is 2.65 bits per heavy atom. The van der Waals surface area contributed by atoms with Gasteiger partial charge >= 0.3 is 0 Å². The zero-order chi connectivity index (χ0) is 14.8. The normalized spacial score (nSPS) is 11.3. The maximum absolute atomic E-state index is 12.2. The molecule has 0 spiro atoms. The van der Waals surface area contributed by atoms with Gasteiger partial charge in [0, 0.05) is 10.5 Å². The number of nitrogens with one attached hydrogen (secondary N) is 2. The minimum atomic E-state index is -3.88. The lowest BCUT2D eigenvalue weighted by molar-refractivity contribution is 0.281. The summed E-state index contributed by atoms with van der Waals surface area (Å²) in [6.45, 7) is -0.271. The van der Waals surface area contributed by atoms with Crippen LogP contribution in [0.5, 0.6) is 0 Å². The molecule has 1 heterocycles. The van der Waals surface area contributed by atoms with Crippen LogP contribution in [0.15, 0.2) is 44.5 Å². The van der Waals surface area contributed by atoms with Crippen molar-refractivity contribution in [2.24, 2.45) is 0 Å². The molecule has 0 saturated carbocycles. The lowest BCUT2D eigenvalue weighted by Crippen LogP contribution is -2.17. The van der Waals surface area contributed by atoms with Crippen LogP contribution in [0.4, 0.5) is 5.82 Å². The molecule has 0 unspecified atom stereocenters. The fourth-order valence-corrected chi connectivity index (χ4v) is 3.46. The second kappa shape index (κ2) is 5.73. The average Bonchev–Trinajstić information content (AvgIpc) is 2.41. The summed E-state index contributed by atoms with van der Waals surface area (Å²) >= 11 is 3.14. The van der Waals surface area contributed by atoms with Gasteiger partial charge in [0.05, 0.1) is 6.61 Å². The third-order valence-electron chi connectivity index (χ3n) is 2.39. The predicted molar refractivity (Wildman–Crippen MR) is 75.7 cm³/mol. The van der Waals surface area contributed by atoms with Crippen LogP contribution in [-0.2, 0) is 16.6 Å². The molecule has 0 radical (unpaired) electrons. The van der Waals surface area contributed by atoms with Crippen molar-refractivity contribution in [1.29, 1.82) is 0 Å². The van der Waals surface area contributed by atoms with Gasteiger partial charge in [-0.25, -0.2) is 13.5 Å². The molecule has 2 aromatic rings. The summed E-state index contributed by atoms with van der Waals surface area (Å²) in [6.07, 6.45) is 0. The summed E-state index contributed by atoms with van der Waals surface area (Å²) in [5.74, 6) is -0.00842. The molecule has 7 nitrogen and oxygen atoms in total. The number of hydrogen-bond acceptors (Lipinski definition) is 5. The number of benzene rings is 1. The van der Waals surface area contributed by atoms with E-state index in [1.165, 1.54) is 18.2 Å². The summed E-state index contributed by atoms with van der Waals surface area (Å²) < 4.78 is 27.0.